The van der Waals surface area contributed by atoms with Gasteiger partial charge in [-0.25, -0.2) is 0 Å². The number of hydrogen-bond acceptors (Lipinski definition) is 3. The first-order valence-electron chi connectivity index (χ1n) is 7.89. The summed E-state index contributed by atoms with van der Waals surface area (Å²) in [5.41, 5.74) is 1.34. The van der Waals surface area contributed by atoms with E-state index in [0.29, 0.717) is 12.0 Å². The van der Waals surface area contributed by atoms with Crippen LogP contribution in [-0.4, -0.2) is 26.4 Å². The number of nitrogens with one attached hydrogen (secondary N) is 1. The second-order valence-corrected chi connectivity index (χ2v) is 5.43. The van der Waals surface area contributed by atoms with Gasteiger partial charge in [0.2, 0.25) is 0 Å². The van der Waals surface area contributed by atoms with E-state index in [-0.39, 0.29) is 0 Å². The summed E-state index contributed by atoms with van der Waals surface area (Å²) in [6.45, 7) is 7.83. The van der Waals surface area contributed by atoms with E-state index < -0.39 is 0 Å². The fraction of sp³-hybridized carbons (Fsp3) is 0.647. The number of ether oxygens (including phenoxy) is 2. The van der Waals surface area contributed by atoms with Crippen LogP contribution in [0.1, 0.15) is 44.7 Å². The van der Waals surface area contributed by atoms with Gasteiger partial charge in [-0.3, -0.25) is 0 Å². The Morgan fingerprint density at radius 1 is 1.30 bits per heavy atom. The maximum atomic E-state index is 5.65. The van der Waals surface area contributed by atoms with Crippen molar-refractivity contribution in [3.8, 4) is 5.75 Å². The molecule has 0 amide bonds. The van der Waals surface area contributed by atoms with Crippen LogP contribution in [0, 0.1) is 5.92 Å². The molecule has 1 saturated heterocycles. The highest BCUT2D eigenvalue weighted by atomic mass is 16.5. The van der Waals surface area contributed by atoms with E-state index in [1.54, 1.807) is 0 Å². The molecule has 20 heavy (non-hydrogen) atoms. The van der Waals surface area contributed by atoms with Crippen molar-refractivity contribution in [2.75, 3.05) is 26.4 Å². The van der Waals surface area contributed by atoms with E-state index in [9.17, 15) is 0 Å². The van der Waals surface area contributed by atoms with Gasteiger partial charge in [0.05, 0.1) is 13.2 Å². The summed E-state index contributed by atoms with van der Waals surface area (Å²) in [5.74, 6) is 1.54. The van der Waals surface area contributed by atoms with Crippen molar-refractivity contribution < 1.29 is 9.47 Å². The van der Waals surface area contributed by atoms with Gasteiger partial charge in [-0.05, 0) is 43.5 Å². The minimum absolute atomic E-state index is 0.389. The molecule has 2 atom stereocenters. The van der Waals surface area contributed by atoms with Crippen LogP contribution in [0.15, 0.2) is 24.3 Å². The lowest BCUT2D eigenvalue weighted by molar-refractivity contribution is 0.0393. The lowest BCUT2D eigenvalue weighted by atomic mass is 9.88. The van der Waals surface area contributed by atoms with Crippen LogP contribution in [0.5, 0.6) is 5.75 Å². The molecule has 0 bridgehead atoms. The van der Waals surface area contributed by atoms with Crippen molar-refractivity contribution in [3.05, 3.63) is 29.8 Å². The molecule has 0 radical (unpaired) electrons. The zero-order valence-corrected chi connectivity index (χ0v) is 12.7. The molecule has 2 rings (SSSR count). The number of hydrogen-bond donors (Lipinski definition) is 1. The highest BCUT2D eigenvalue weighted by Crippen LogP contribution is 2.29. The van der Waals surface area contributed by atoms with Crippen LogP contribution >= 0.6 is 0 Å². The van der Waals surface area contributed by atoms with Crippen LogP contribution in [0.25, 0.3) is 0 Å². The second kappa shape index (κ2) is 8.28. The molecule has 1 heterocycles. The van der Waals surface area contributed by atoms with E-state index >= 15 is 0 Å². The third kappa shape index (κ3) is 4.22. The smallest absolute Gasteiger partial charge is 0.119 e. The third-order valence-corrected chi connectivity index (χ3v) is 3.80. The molecule has 1 aromatic rings. The highest BCUT2D eigenvalue weighted by molar-refractivity contribution is 5.29. The molecular weight excluding hydrogens is 250 g/mol. The van der Waals surface area contributed by atoms with Gasteiger partial charge in [-0.15, -0.1) is 0 Å². The summed E-state index contributed by atoms with van der Waals surface area (Å²) in [5, 5.41) is 3.61. The summed E-state index contributed by atoms with van der Waals surface area (Å²) in [6.07, 6.45) is 3.46. The first-order chi connectivity index (χ1) is 9.85. The normalized spacial score (nSPS) is 20.6. The maximum absolute atomic E-state index is 5.65. The van der Waals surface area contributed by atoms with Gasteiger partial charge in [0.25, 0.3) is 0 Å². The van der Waals surface area contributed by atoms with E-state index in [2.05, 4.69) is 43.4 Å². The number of benzene rings is 1. The summed E-state index contributed by atoms with van der Waals surface area (Å²) in [6, 6.07) is 8.93. The molecule has 1 fully saturated rings. The Labute approximate surface area is 122 Å². The number of rotatable bonds is 7. The first kappa shape index (κ1) is 15.3. The van der Waals surface area contributed by atoms with Gasteiger partial charge >= 0.3 is 0 Å². The standard InChI is InChI=1S/C17H27NO2/c1-3-11-20-16-9-7-14(8-10-16)17(18-4-2)15-6-5-12-19-13-15/h7-10,15,17-18H,3-6,11-13H2,1-2H3. The summed E-state index contributed by atoms with van der Waals surface area (Å²) in [7, 11) is 0. The van der Waals surface area contributed by atoms with E-state index in [4.69, 9.17) is 9.47 Å². The van der Waals surface area contributed by atoms with Crippen molar-refractivity contribution in [1.82, 2.24) is 5.32 Å². The Balaban J connectivity index is 2.04. The van der Waals surface area contributed by atoms with Crippen LogP contribution in [-0.2, 0) is 4.74 Å². The topological polar surface area (TPSA) is 30.5 Å². The summed E-state index contributed by atoms with van der Waals surface area (Å²) >= 11 is 0. The molecule has 112 valence electrons. The molecule has 1 aliphatic heterocycles. The molecule has 0 aliphatic carbocycles. The summed E-state index contributed by atoms with van der Waals surface area (Å²) in [4.78, 5) is 0. The quantitative estimate of drug-likeness (QED) is 0.826. The minimum atomic E-state index is 0.389. The monoisotopic (exact) mass is 277 g/mol. The second-order valence-electron chi connectivity index (χ2n) is 5.43. The fourth-order valence-corrected chi connectivity index (χ4v) is 2.80. The predicted molar refractivity (Wildman–Crippen MR) is 82.2 cm³/mol. The van der Waals surface area contributed by atoms with Gasteiger partial charge in [0, 0.05) is 18.6 Å². The fourth-order valence-electron chi connectivity index (χ4n) is 2.80. The van der Waals surface area contributed by atoms with E-state index in [1.807, 2.05) is 0 Å². The lowest BCUT2D eigenvalue weighted by Crippen LogP contribution is -2.33. The molecular formula is C17H27NO2. The van der Waals surface area contributed by atoms with Crippen molar-refractivity contribution in [1.29, 1.82) is 0 Å². The van der Waals surface area contributed by atoms with Crippen molar-refractivity contribution >= 4 is 0 Å². The van der Waals surface area contributed by atoms with Crippen LogP contribution in [0.2, 0.25) is 0 Å². The Bertz CT molecular complexity index is 371. The van der Waals surface area contributed by atoms with Gasteiger partial charge in [0.15, 0.2) is 0 Å². The molecule has 0 saturated carbocycles. The largest absolute Gasteiger partial charge is 0.494 e. The van der Waals surface area contributed by atoms with E-state index in [0.717, 1.165) is 38.5 Å². The average Bonchev–Trinajstić information content (AvgIpc) is 2.52. The third-order valence-electron chi connectivity index (χ3n) is 3.80. The lowest BCUT2D eigenvalue weighted by Gasteiger charge is -2.31. The Hall–Kier alpha value is -1.06. The van der Waals surface area contributed by atoms with Gasteiger partial charge in [-0.1, -0.05) is 26.0 Å². The molecule has 3 nitrogen and oxygen atoms in total. The van der Waals surface area contributed by atoms with Crippen LogP contribution in [0.4, 0.5) is 0 Å². The Morgan fingerprint density at radius 2 is 2.10 bits per heavy atom. The first-order valence-corrected chi connectivity index (χ1v) is 7.89. The molecule has 0 aromatic heterocycles. The molecule has 3 heteroatoms. The van der Waals surface area contributed by atoms with Gasteiger partial charge in [0.1, 0.15) is 5.75 Å². The SMILES string of the molecule is CCCOc1ccc(C(NCC)C2CCCOC2)cc1. The van der Waals surface area contributed by atoms with Crippen LogP contribution < -0.4 is 10.1 Å². The molecule has 2 unspecified atom stereocenters. The van der Waals surface area contributed by atoms with Gasteiger partial charge in [-0.2, -0.15) is 0 Å². The molecule has 0 spiro atoms. The maximum Gasteiger partial charge on any atom is 0.119 e. The average molecular weight is 277 g/mol. The van der Waals surface area contributed by atoms with Crippen LogP contribution in [0.3, 0.4) is 0 Å². The molecule has 1 N–H and O–H groups in total. The Morgan fingerprint density at radius 3 is 2.70 bits per heavy atom. The Kier molecular flexibility index (Phi) is 6.34. The zero-order chi connectivity index (χ0) is 14.2. The van der Waals surface area contributed by atoms with Crippen molar-refractivity contribution in [2.45, 2.75) is 39.2 Å². The molecule has 1 aromatic carbocycles. The minimum Gasteiger partial charge on any atom is -0.494 e. The van der Waals surface area contributed by atoms with E-state index in [1.165, 1.54) is 18.4 Å². The van der Waals surface area contributed by atoms with Crippen molar-refractivity contribution in [3.63, 3.8) is 0 Å². The predicted octanol–water partition coefficient (Wildman–Crippen LogP) is 3.55. The van der Waals surface area contributed by atoms with Gasteiger partial charge < -0.3 is 14.8 Å². The summed E-state index contributed by atoms with van der Waals surface area (Å²) < 4.78 is 11.3. The zero-order valence-electron chi connectivity index (χ0n) is 12.7. The van der Waals surface area contributed by atoms with Crippen molar-refractivity contribution in [2.24, 2.45) is 5.92 Å². The molecule has 1 aliphatic rings. The highest BCUT2D eigenvalue weighted by Gasteiger charge is 2.24.